The third-order valence-corrected chi connectivity index (χ3v) is 6.82. The van der Waals surface area contributed by atoms with E-state index in [0.717, 1.165) is 18.9 Å². The molecule has 1 aromatic heterocycles. The van der Waals surface area contributed by atoms with Crippen molar-refractivity contribution in [2.24, 2.45) is 0 Å². The van der Waals surface area contributed by atoms with Crippen LogP contribution in [0.2, 0.25) is 9.88 Å². The standard InChI is InChI=1S/C11H15N2O.2CH3.Sn/c1-2-8-13(7-1)9-10-14-11-3-5-12-6-4-11;;;/h3-5H,1-2,7-10H2;2*1H3;. The van der Waals surface area contributed by atoms with Gasteiger partial charge in [0.25, 0.3) is 0 Å². The van der Waals surface area contributed by atoms with Crippen molar-refractivity contribution >= 4 is 23.5 Å². The van der Waals surface area contributed by atoms with Gasteiger partial charge in [-0.1, -0.05) is 0 Å². The fraction of sp³-hybridized carbons (Fsp3) is 0.615. The van der Waals surface area contributed by atoms with Crippen LogP contribution in [-0.4, -0.2) is 55.9 Å². The van der Waals surface area contributed by atoms with Gasteiger partial charge in [-0.3, -0.25) is 0 Å². The SMILES string of the molecule is [CH3][Sn]([CH3])[c]1cc(OCCN2CCCC2)ccn1. The monoisotopic (exact) mass is 341 g/mol. The number of aromatic nitrogens is 1. The summed E-state index contributed by atoms with van der Waals surface area (Å²) in [5.41, 5.74) is 0. The Morgan fingerprint density at radius 1 is 1.35 bits per heavy atom. The summed E-state index contributed by atoms with van der Waals surface area (Å²) in [5.74, 6) is 0.996. The van der Waals surface area contributed by atoms with Crippen molar-refractivity contribution in [3.05, 3.63) is 18.3 Å². The molecule has 0 N–H and O–H groups in total. The van der Waals surface area contributed by atoms with Gasteiger partial charge in [0, 0.05) is 0 Å². The average molecular weight is 340 g/mol. The average Bonchev–Trinajstić information content (AvgIpc) is 2.82. The summed E-state index contributed by atoms with van der Waals surface area (Å²) in [6.45, 7) is 4.34. The third kappa shape index (κ3) is 4.14. The number of hydrogen-bond acceptors (Lipinski definition) is 3. The molecule has 1 radical (unpaired) electrons. The van der Waals surface area contributed by atoms with Crippen LogP contribution in [0.25, 0.3) is 0 Å². The summed E-state index contributed by atoms with van der Waals surface area (Å²) in [5, 5.41) is 0. The van der Waals surface area contributed by atoms with Crippen LogP contribution in [-0.2, 0) is 0 Å². The van der Waals surface area contributed by atoms with Crippen molar-refractivity contribution in [2.45, 2.75) is 22.7 Å². The van der Waals surface area contributed by atoms with Crippen LogP contribution in [0.3, 0.4) is 0 Å². The number of likely N-dealkylation sites (tertiary alicyclic amines) is 1. The van der Waals surface area contributed by atoms with E-state index in [9.17, 15) is 0 Å². The molecule has 0 spiro atoms. The van der Waals surface area contributed by atoms with E-state index in [4.69, 9.17) is 4.74 Å². The number of hydrogen-bond donors (Lipinski definition) is 0. The first-order chi connectivity index (χ1) is 8.25. The van der Waals surface area contributed by atoms with E-state index in [1.807, 2.05) is 12.3 Å². The summed E-state index contributed by atoms with van der Waals surface area (Å²) in [7, 11) is 0. The molecule has 0 aromatic carbocycles. The molecular weight excluding hydrogens is 319 g/mol. The topological polar surface area (TPSA) is 25.4 Å². The second-order valence-corrected chi connectivity index (χ2v) is 11.9. The Bertz CT molecular complexity index is 351. The molecule has 17 heavy (non-hydrogen) atoms. The van der Waals surface area contributed by atoms with Crippen molar-refractivity contribution in [2.75, 3.05) is 26.2 Å². The number of ether oxygens (including phenoxy) is 1. The predicted octanol–water partition coefficient (Wildman–Crippen LogP) is 1.52. The molecule has 1 aliphatic heterocycles. The van der Waals surface area contributed by atoms with E-state index in [0.29, 0.717) is 0 Å². The first kappa shape index (κ1) is 13.1. The fourth-order valence-corrected chi connectivity index (χ4v) is 4.25. The van der Waals surface area contributed by atoms with Crippen LogP contribution < -0.4 is 8.45 Å². The van der Waals surface area contributed by atoms with Gasteiger partial charge < -0.3 is 0 Å². The summed E-state index contributed by atoms with van der Waals surface area (Å²) in [6, 6.07) is 4.11. The van der Waals surface area contributed by atoms with Gasteiger partial charge in [-0.2, -0.15) is 0 Å². The van der Waals surface area contributed by atoms with Crippen LogP contribution in [0.15, 0.2) is 18.3 Å². The normalized spacial score (nSPS) is 16.6. The third-order valence-electron chi connectivity index (χ3n) is 3.12. The Morgan fingerprint density at radius 2 is 2.12 bits per heavy atom. The molecule has 0 saturated carbocycles. The molecule has 0 amide bonds. The molecule has 4 heteroatoms. The Labute approximate surface area is 111 Å². The summed E-state index contributed by atoms with van der Waals surface area (Å²) in [6.07, 6.45) is 4.58. The summed E-state index contributed by atoms with van der Waals surface area (Å²) < 4.78 is 7.11. The molecule has 2 heterocycles. The Kier molecular flexibility index (Phi) is 5.10. The summed E-state index contributed by atoms with van der Waals surface area (Å²) in [4.78, 5) is 11.6. The molecule has 3 nitrogen and oxygen atoms in total. The van der Waals surface area contributed by atoms with Gasteiger partial charge in [-0.25, -0.2) is 0 Å². The quantitative estimate of drug-likeness (QED) is 0.760. The zero-order chi connectivity index (χ0) is 12.1. The summed E-state index contributed by atoms with van der Waals surface area (Å²) >= 11 is -1.34. The van der Waals surface area contributed by atoms with Gasteiger partial charge in [0.2, 0.25) is 0 Å². The minimum atomic E-state index is -1.34. The van der Waals surface area contributed by atoms with E-state index >= 15 is 0 Å². The van der Waals surface area contributed by atoms with Gasteiger partial charge >= 0.3 is 111 Å². The Morgan fingerprint density at radius 3 is 2.82 bits per heavy atom. The molecule has 1 fully saturated rings. The molecule has 0 aliphatic carbocycles. The molecule has 0 bridgehead atoms. The first-order valence-corrected chi connectivity index (χ1v) is 13.5. The van der Waals surface area contributed by atoms with Crippen molar-refractivity contribution < 1.29 is 4.74 Å². The van der Waals surface area contributed by atoms with Crippen molar-refractivity contribution in [3.63, 3.8) is 0 Å². The van der Waals surface area contributed by atoms with Crippen molar-refractivity contribution in [1.29, 1.82) is 0 Å². The zero-order valence-corrected chi connectivity index (χ0v) is 13.6. The van der Waals surface area contributed by atoms with E-state index in [1.165, 1.54) is 29.6 Å². The molecule has 0 atom stereocenters. The van der Waals surface area contributed by atoms with E-state index in [1.54, 1.807) is 0 Å². The number of rotatable bonds is 5. The number of pyridine rings is 1. The maximum atomic E-state index is 5.81. The predicted molar refractivity (Wildman–Crippen MR) is 72.5 cm³/mol. The molecule has 2 rings (SSSR count). The fourth-order valence-electron chi connectivity index (χ4n) is 2.07. The van der Waals surface area contributed by atoms with Gasteiger partial charge in [0.05, 0.1) is 0 Å². The molecule has 1 saturated heterocycles. The van der Waals surface area contributed by atoms with Crippen LogP contribution in [0, 0.1) is 0 Å². The molecule has 0 unspecified atom stereocenters. The van der Waals surface area contributed by atoms with Crippen molar-refractivity contribution in [3.8, 4) is 5.75 Å². The van der Waals surface area contributed by atoms with Crippen LogP contribution in [0.1, 0.15) is 12.8 Å². The second kappa shape index (κ2) is 6.59. The van der Waals surface area contributed by atoms with E-state index < -0.39 is 19.8 Å². The first-order valence-electron chi connectivity index (χ1n) is 6.37. The van der Waals surface area contributed by atoms with Crippen LogP contribution >= 0.6 is 0 Å². The van der Waals surface area contributed by atoms with Crippen LogP contribution in [0.5, 0.6) is 5.75 Å². The Hall–Kier alpha value is -0.291. The van der Waals surface area contributed by atoms with Crippen LogP contribution in [0.4, 0.5) is 0 Å². The molecule has 1 aromatic rings. The zero-order valence-electron chi connectivity index (χ0n) is 10.8. The van der Waals surface area contributed by atoms with E-state index in [-0.39, 0.29) is 0 Å². The van der Waals surface area contributed by atoms with Gasteiger partial charge in [0.1, 0.15) is 0 Å². The minimum absolute atomic E-state index is 0.801. The Balaban J connectivity index is 1.79. The second-order valence-electron chi connectivity index (χ2n) is 4.77. The maximum absolute atomic E-state index is 5.81. The molecule has 93 valence electrons. The van der Waals surface area contributed by atoms with Crippen molar-refractivity contribution in [1.82, 2.24) is 9.88 Å². The van der Waals surface area contributed by atoms with E-state index in [2.05, 4.69) is 25.8 Å². The van der Waals surface area contributed by atoms with Gasteiger partial charge in [0.15, 0.2) is 0 Å². The van der Waals surface area contributed by atoms with Gasteiger partial charge in [-0.05, 0) is 0 Å². The molecule has 1 aliphatic rings. The van der Waals surface area contributed by atoms with Gasteiger partial charge in [-0.15, -0.1) is 0 Å². The number of nitrogens with zero attached hydrogens (tertiary/aromatic N) is 2. The molecular formula is C13H21N2OSn.